The van der Waals surface area contributed by atoms with Gasteiger partial charge in [-0.2, -0.15) is 0 Å². The fourth-order valence-corrected chi connectivity index (χ4v) is 6.68. The summed E-state index contributed by atoms with van der Waals surface area (Å²) in [5, 5.41) is 0.196. The van der Waals surface area contributed by atoms with E-state index in [1.54, 1.807) is 48.5 Å². The predicted octanol–water partition coefficient (Wildman–Crippen LogP) is 3.68. The molecule has 4 rings (SSSR count). The van der Waals surface area contributed by atoms with Crippen LogP contribution in [0, 0.1) is 6.92 Å². The zero-order valence-electron chi connectivity index (χ0n) is 20.0. The number of benzene rings is 3. The van der Waals surface area contributed by atoms with E-state index in [2.05, 4.69) is 0 Å². The summed E-state index contributed by atoms with van der Waals surface area (Å²) in [5.74, 6) is -0.451. The van der Waals surface area contributed by atoms with E-state index in [9.17, 15) is 21.6 Å². The van der Waals surface area contributed by atoms with Crippen LogP contribution in [0.25, 0.3) is 0 Å². The van der Waals surface area contributed by atoms with Crippen molar-refractivity contribution in [2.24, 2.45) is 0 Å². The number of fused-ring (bicyclic) bond motifs is 1. The van der Waals surface area contributed by atoms with Gasteiger partial charge in [-0.25, -0.2) is 21.1 Å². The highest BCUT2D eigenvalue weighted by Gasteiger charge is 2.33. The number of nitrogens with zero attached hydrogens (tertiary/aromatic N) is 3. The molecule has 1 aliphatic heterocycles. The van der Waals surface area contributed by atoms with Crippen LogP contribution in [0.4, 0.5) is 11.4 Å². The third-order valence-electron chi connectivity index (χ3n) is 6.04. The number of rotatable bonds is 7. The van der Waals surface area contributed by atoms with Gasteiger partial charge in [0.2, 0.25) is 15.9 Å². The molecule has 0 unspecified atom stereocenters. The third-order valence-corrected chi connectivity index (χ3v) is 9.94. The maximum Gasteiger partial charge on any atom is 0.264 e. The van der Waals surface area contributed by atoms with Gasteiger partial charge in [0, 0.05) is 26.3 Å². The average molecular weight is 548 g/mol. The Morgan fingerprint density at radius 3 is 2.19 bits per heavy atom. The molecule has 8 nitrogen and oxygen atoms in total. The van der Waals surface area contributed by atoms with Gasteiger partial charge in [0.05, 0.1) is 20.5 Å². The van der Waals surface area contributed by atoms with E-state index in [0.29, 0.717) is 24.2 Å². The van der Waals surface area contributed by atoms with Crippen molar-refractivity contribution in [3.63, 3.8) is 0 Å². The first-order valence-electron chi connectivity index (χ1n) is 11.1. The van der Waals surface area contributed by atoms with Crippen LogP contribution in [0.1, 0.15) is 11.1 Å². The number of para-hydroxylation sites is 1. The van der Waals surface area contributed by atoms with Gasteiger partial charge < -0.3 is 4.90 Å². The number of carbonyl (C=O) groups excluding carboxylic acids is 1. The molecule has 0 atom stereocenters. The third kappa shape index (κ3) is 4.86. The second kappa shape index (κ2) is 9.85. The maximum absolute atomic E-state index is 13.6. The smallest absolute Gasteiger partial charge is 0.264 e. The van der Waals surface area contributed by atoms with Gasteiger partial charge in [0.15, 0.2) is 0 Å². The second-order valence-electron chi connectivity index (χ2n) is 8.65. The molecular formula is C25H26ClN3O5S2. The quantitative estimate of drug-likeness (QED) is 0.449. The highest BCUT2D eigenvalue weighted by atomic mass is 35.5. The topological polar surface area (TPSA) is 95.1 Å². The Balaban J connectivity index is 1.69. The van der Waals surface area contributed by atoms with Crippen molar-refractivity contribution in [2.45, 2.75) is 23.1 Å². The Hall–Kier alpha value is -2.92. The van der Waals surface area contributed by atoms with Crippen molar-refractivity contribution in [2.75, 3.05) is 36.4 Å². The molecule has 1 aliphatic rings. The molecule has 36 heavy (non-hydrogen) atoms. The first-order valence-corrected chi connectivity index (χ1v) is 14.4. The molecule has 3 aromatic carbocycles. The van der Waals surface area contributed by atoms with Crippen LogP contribution in [0.5, 0.6) is 0 Å². The summed E-state index contributed by atoms with van der Waals surface area (Å²) in [4.78, 5) is 15.1. The van der Waals surface area contributed by atoms with Crippen molar-refractivity contribution >= 4 is 48.9 Å². The van der Waals surface area contributed by atoms with Crippen molar-refractivity contribution < 1.29 is 21.6 Å². The normalized spacial score (nSPS) is 13.6. The average Bonchev–Trinajstić information content (AvgIpc) is 3.26. The lowest BCUT2D eigenvalue weighted by Crippen LogP contribution is -2.42. The molecule has 0 aliphatic carbocycles. The SMILES string of the molecule is Cc1ccc(S(=O)(=O)N(CC(=O)N2CCc3cc(S(=O)(=O)N(C)C)ccc32)c2ccccc2Cl)cc1. The molecule has 190 valence electrons. The van der Waals surface area contributed by atoms with Gasteiger partial charge in [-0.3, -0.25) is 9.10 Å². The molecule has 0 saturated carbocycles. The molecule has 0 N–H and O–H groups in total. The van der Waals surface area contributed by atoms with Crippen LogP contribution >= 0.6 is 11.6 Å². The van der Waals surface area contributed by atoms with E-state index < -0.39 is 32.5 Å². The van der Waals surface area contributed by atoms with Crippen LogP contribution in [-0.2, 0) is 31.3 Å². The Bertz CT molecular complexity index is 1520. The van der Waals surface area contributed by atoms with Crippen LogP contribution in [0.3, 0.4) is 0 Å². The Labute approximate surface area is 216 Å². The van der Waals surface area contributed by atoms with Crippen LogP contribution in [0.15, 0.2) is 76.5 Å². The summed E-state index contributed by atoms with van der Waals surface area (Å²) in [7, 11) is -4.83. The molecule has 0 spiro atoms. The van der Waals surface area contributed by atoms with E-state index in [0.717, 1.165) is 14.2 Å². The molecule has 0 aromatic heterocycles. The van der Waals surface area contributed by atoms with Gasteiger partial charge in [0.25, 0.3) is 10.0 Å². The zero-order valence-corrected chi connectivity index (χ0v) is 22.4. The monoisotopic (exact) mass is 547 g/mol. The van der Waals surface area contributed by atoms with E-state index in [1.165, 1.54) is 37.2 Å². The van der Waals surface area contributed by atoms with Gasteiger partial charge in [-0.05, 0) is 61.4 Å². The lowest BCUT2D eigenvalue weighted by Gasteiger charge is -2.27. The molecule has 1 amide bonds. The van der Waals surface area contributed by atoms with Crippen molar-refractivity contribution in [1.82, 2.24) is 4.31 Å². The fourth-order valence-electron chi connectivity index (χ4n) is 4.01. The number of sulfonamides is 2. The standard InChI is InChI=1S/C25H26ClN3O5S2/c1-18-8-10-20(11-9-18)36(33,34)29(24-7-5-4-6-22(24)26)17-25(30)28-15-14-19-16-21(12-13-23(19)28)35(31,32)27(2)3/h4-13,16H,14-15,17H2,1-3H3. The van der Waals surface area contributed by atoms with Gasteiger partial charge >= 0.3 is 0 Å². The summed E-state index contributed by atoms with van der Waals surface area (Å²) >= 11 is 6.36. The minimum absolute atomic E-state index is 0.0428. The minimum Gasteiger partial charge on any atom is -0.310 e. The van der Waals surface area contributed by atoms with Crippen LogP contribution < -0.4 is 9.21 Å². The summed E-state index contributed by atoms with van der Waals surface area (Å²) in [6.45, 7) is 1.68. The zero-order chi connectivity index (χ0) is 26.3. The fraction of sp³-hybridized carbons (Fsp3) is 0.240. The molecule has 0 radical (unpaired) electrons. The lowest BCUT2D eigenvalue weighted by molar-refractivity contribution is -0.117. The Morgan fingerprint density at radius 1 is 0.917 bits per heavy atom. The molecular weight excluding hydrogens is 522 g/mol. The van der Waals surface area contributed by atoms with Crippen molar-refractivity contribution in [3.8, 4) is 0 Å². The summed E-state index contributed by atoms with van der Waals surface area (Å²) in [6, 6.07) is 17.4. The number of amides is 1. The highest BCUT2D eigenvalue weighted by Crippen LogP contribution is 2.34. The number of anilines is 2. The Kier molecular flexibility index (Phi) is 7.16. The first-order chi connectivity index (χ1) is 16.9. The van der Waals surface area contributed by atoms with Crippen LogP contribution in [-0.4, -0.2) is 54.2 Å². The summed E-state index contributed by atoms with van der Waals surface area (Å²) < 4.78 is 54.4. The molecule has 1 heterocycles. The molecule has 0 bridgehead atoms. The molecule has 0 saturated heterocycles. The van der Waals surface area contributed by atoms with E-state index in [4.69, 9.17) is 11.6 Å². The number of carbonyl (C=O) groups is 1. The molecule has 0 fully saturated rings. The van der Waals surface area contributed by atoms with Crippen molar-refractivity contribution in [1.29, 1.82) is 0 Å². The second-order valence-corrected chi connectivity index (χ2v) is 13.1. The van der Waals surface area contributed by atoms with Gasteiger partial charge in [0.1, 0.15) is 6.54 Å². The highest BCUT2D eigenvalue weighted by molar-refractivity contribution is 7.93. The Morgan fingerprint density at radius 2 is 1.56 bits per heavy atom. The number of hydrogen-bond donors (Lipinski definition) is 0. The van der Waals surface area contributed by atoms with E-state index in [1.807, 2.05) is 6.92 Å². The maximum atomic E-state index is 13.6. The molecule has 11 heteroatoms. The van der Waals surface area contributed by atoms with E-state index >= 15 is 0 Å². The summed E-state index contributed by atoms with van der Waals surface area (Å²) in [5.41, 5.74) is 2.36. The lowest BCUT2D eigenvalue weighted by atomic mass is 10.2. The first kappa shape index (κ1) is 26.2. The van der Waals surface area contributed by atoms with Gasteiger partial charge in [-0.15, -0.1) is 0 Å². The molecule has 3 aromatic rings. The number of halogens is 1. The minimum atomic E-state index is -4.11. The largest absolute Gasteiger partial charge is 0.310 e. The number of aryl methyl sites for hydroxylation is 1. The van der Waals surface area contributed by atoms with Crippen molar-refractivity contribution in [3.05, 3.63) is 82.9 Å². The predicted molar refractivity (Wildman–Crippen MR) is 141 cm³/mol. The van der Waals surface area contributed by atoms with E-state index in [-0.39, 0.29) is 20.5 Å². The van der Waals surface area contributed by atoms with Crippen LogP contribution in [0.2, 0.25) is 5.02 Å². The summed E-state index contributed by atoms with van der Waals surface area (Å²) in [6.07, 6.45) is 0.453. The number of hydrogen-bond acceptors (Lipinski definition) is 5. The van der Waals surface area contributed by atoms with Gasteiger partial charge in [-0.1, -0.05) is 41.4 Å².